The van der Waals surface area contributed by atoms with E-state index in [2.05, 4.69) is 10.3 Å². The maximum absolute atomic E-state index is 13.7. The number of hydrogen-bond acceptors (Lipinski definition) is 2. The molecule has 1 atom stereocenters. The molecule has 0 unspecified atom stereocenters. The van der Waals surface area contributed by atoms with Crippen molar-refractivity contribution in [2.45, 2.75) is 13.0 Å². The van der Waals surface area contributed by atoms with Gasteiger partial charge in [0.1, 0.15) is 0 Å². The third kappa shape index (κ3) is 4.04. The smallest absolute Gasteiger partial charge is 0.322 e. The molecule has 1 heterocycles. The number of nitrogens with zero attached hydrogens (tertiary/aromatic N) is 1. The summed E-state index contributed by atoms with van der Waals surface area (Å²) >= 11 is 11.4. The summed E-state index contributed by atoms with van der Waals surface area (Å²) in [5.41, 5.74) is -0.0197. The number of carbonyl (C=O) groups is 1. The average Bonchev–Trinajstić information content (AvgIpc) is 2.66. The van der Waals surface area contributed by atoms with Gasteiger partial charge in [0.2, 0.25) is 0 Å². The molecule has 0 radical (unpaired) electrons. The van der Waals surface area contributed by atoms with Crippen molar-refractivity contribution in [3.8, 4) is 0 Å². The Balaban J connectivity index is 1.93. The normalized spacial score (nSPS) is 12.1. The van der Waals surface area contributed by atoms with Crippen molar-refractivity contribution in [3.63, 3.8) is 0 Å². The van der Waals surface area contributed by atoms with E-state index in [1.165, 1.54) is 30.3 Å². The van der Waals surface area contributed by atoms with Crippen molar-refractivity contribution in [1.29, 1.82) is 0 Å². The lowest BCUT2D eigenvalue weighted by Gasteiger charge is -2.26. The Bertz CT molecular complexity index is 1160. The van der Waals surface area contributed by atoms with Crippen molar-refractivity contribution in [3.05, 3.63) is 73.9 Å². The zero-order valence-electron chi connectivity index (χ0n) is 15.1. The van der Waals surface area contributed by atoms with Crippen LogP contribution in [0.5, 0.6) is 0 Å². The number of fused-ring (bicyclic) bond motifs is 1. The lowest BCUT2D eigenvalue weighted by molar-refractivity contribution is 0.208. The predicted octanol–water partition coefficient (Wildman–Crippen LogP) is 5.48. The summed E-state index contributed by atoms with van der Waals surface area (Å²) in [6.45, 7) is 1.64. The lowest BCUT2D eigenvalue weighted by Crippen LogP contribution is -2.34. The second-order valence-corrected chi connectivity index (χ2v) is 7.17. The maximum Gasteiger partial charge on any atom is 0.322 e. The summed E-state index contributed by atoms with van der Waals surface area (Å²) in [5.74, 6) is -3.06. The molecule has 0 aliphatic rings. The maximum atomic E-state index is 13.7. The Morgan fingerprint density at radius 2 is 1.62 bits per heavy atom. The quantitative estimate of drug-likeness (QED) is 0.526. The lowest BCUT2D eigenvalue weighted by atomic mass is 10.0. The van der Waals surface area contributed by atoms with Crippen LogP contribution >= 0.6 is 23.2 Å². The zero-order valence-corrected chi connectivity index (χ0v) is 16.6. The van der Waals surface area contributed by atoms with Crippen molar-refractivity contribution in [2.75, 3.05) is 12.4 Å². The molecule has 0 aliphatic heterocycles. The Morgan fingerprint density at radius 1 is 1.07 bits per heavy atom. The first-order chi connectivity index (χ1) is 13.6. The fourth-order valence-corrected chi connectivity index (χ4v) is 3.33. The molecule has 3 aromatic rings. The van der Waals surface area contributed by atoms with Gasteiger partial charge in [0.15, 0.2) is 17.5 Å². The van der Waals surface area contributed by atoms with Crippen molar-refractivity contribution < 1.29 is 18.0 Å². The molecule has 2 amide bonds. The molecule has 0 saturated carbocycles. The number of nitrogens with one attached hydrogen (secondary N) is 2. The molecule has 152 valence electrons. The average molecular weight is 444 g/mol. The van der Waals surface area contributed by atoms with Gasteiger partial charge in [-0.1, -0.05) is 23.2 Å². The van der Waals surface area contributed by atoms with Gasteiger partial charge in [0.05, 0.1) is 21.5 Å². The minimum absolute atomic E-state index is 0.0424. The molecule has 0 bridgehead atoms. The third-order valence-electron chi connectivity index (χ3n) is 4.56. The zero-order chi connectivity index (χ0) is 21.5. The van der Waals surface area contributed by atoms with Gasteiger partial charge in [-0.25, -0.2) is 18.0 Å². The van der Waals surface area contributed by atoms with Gasteiger partial charge in [-0.05, 0) is 42.1 Å². The van der Waals surface area contributed by atoms with Crippen LogP contribution in [0.1, 0.15) is 18.5 Å². The molecule has 0 fully saturated rings. The number of rotatable bonds is 3. The van der Waals surface area contributed by atoms with Gasteiger partial charge < -0.3 is 15.2 Å². The SMILES string of the molecule is C[C@H](c1c[nH]c(=O)c2cc(F)c(F)cc12)N(C)C(=O)Nc1cc(Cl)c(F)c(Cl)c1. The first-order valence-electron chi connectivity index (χ1n) is 8.28. The van der Waals surface area contributed by atoms with E-state index in [0.29, 0.717) is 5.56 Å². The summed E-state index contributed by atoms with van der Waals surface area (Å²) < 4.78 is 40.8. The minimum Gasteiger partial charge on any atom is -0.328 e. The molecular weight excluding hydrogens is 430 g/mol. The predicted molar refractivity (Wildman–Crippen MR) is 106 cm³/mol. The summed E-state index contributed by atoms with van der Waals surface area (Å²) in [6.07, 6.45) is 1.34. The van der Waals surface area contributed by atoms with E-state index in [0.717, 1.165) is 12.1 Å². The van der Waals surface area contributed by atoms with E-state index in [4.69, 9.17) is 23.2 Å². The molecule has 2 aromatic carbocycles. The highest BCUT2D eigenvalue weighted by Gasteiger charge is 2.22. The molecule has 0 saturated heterocycles. The van der Waals surface area contributed by atoms with Crippen LogP contribution in [0, 0.1) is 17.5 Å². The van der Waals surface area contributed by atoms with Gasteiger partial charge in [-0.15, -0.1) is 0 Å². The molecule has 29 heavy (non-hydrogen) atoms. The Hall–Kier alpha value is -2.71. The van der Waals surface area contributed by atoms with Gasteiger partial charge in [-0.3, -0.25) is 4.79 Å². The van der Waals surface area contributed by atoms with E-state index >= 15 is 0 Å². The highest BCUT2D eigenvalue weighted by molar-refractivity contribution is 6.35. The van der Waals surface area contributed by atoms with Crippen LogP contribution in [0.25, 0.3) is 10.8 Å². The van der Waals surface area contributed by atoms with E-state index < -0.39 is 35.1 Å². The van der Waals surface area contributed by atoms with Gasteiger partial charge >= 0.3 is 6.03 Å². The van der Waals surface area contributed by atoms with Crippen molar-refractivity contribution in [2.24, 2.45) is 0 Å². The number of hydrogen-bond donors (Lipinski definition) is 2. The third-order valence-corrected chi connectivity index (χ3v) is 5.11. The van der Waals surface area contributed by atoms with E-state index in [1.807, 2.05) is 0 Å². The molecule has 0 spiro atoms. The van der Waals surface area contributed by atoms with Crippen LogP contribution in [0.3, 0.4) is 0 Å². The van der Waals surface area contributed by atoms with Crippen LogP contribution < -0.4 is 10.9 Å². The van der Waals surface area contributed by atoms with E-state index in [-0.39, 0.29) is 26.5 Å². The summed E-state index contributed by atoms with van der Waals surface area (Å²) in [6, 6.07) is 2.88. The highest BCUT2D eigenvalue weighted by atomic mass is 35.5. The standard InChI is InChI=1S/C19H14Cl2F3N3O2/c1-8(12-7-25-18(28)11-6-16(23)15(22)5-10(11)12)27(2)19(29)26-9-3-13(20)17(24)14(21)4-9/h3-8H,1-2H3,(H,25,28)(H,26,29)/t8-/m1/s1. The molecule has 2 N–H and O–H groups in total. The van der Waals surface area contributed by atoms with Crippen molar-refractivity contribution in [1.82, 2.24) is 9.88 Å². The summed E-state index contributed by atoms with van der Waals surface area (Å²) in [5, 5.41) is 2.14. The summed E-state index contributed by atoms with van der Waals surface area (Å²) in [4.78, 5) is 28.3. The van der Waals surface area contributed by atoms with Crippen LogP contribution in [0.2, 0.25) is 10.0 Å². The minimum atomic E-state index is -1.15. The number of benzene rings is 2. The number of halogens is 5. The van der Waals surface area contributed by atoms with Gasteiger partial charge in [0.25, 0.3) is 5.56 Å². The molecule has 10 heteroatoms. The molecular formula is C19H14Cl2F3N3O2. The Morgan fingerprint density at radius 3 is 2.21 bits per heavy atom. The first-order valence-corrected chi connectivity index (χ1v) is 9.04. The highest BCUT2D eigenvalue weighted by Crippen LogP contribution is 2.29. The van der Waals surface area contributed by atoms with E-state index in [9.17, 15) is 22.8 Å². The molecule has 1 aromatic heterocycles. The topological polar surface area (TPSA) is 65.2 Å². The molecule has 3 rings (SSSR count). The number of aromatic amines is 1. The molecule has 5 nitrogen and oxygen atoms in total. The number of aromatic nitrogens is 1. The number of H-pyrrole nitrogens is 1. The number of urea groups is 1. The van der Waals surface area contributed by atoms with Gasteiger partial charge in [0, 0.05) is 18.9 Å². The summed E-state index contributed by atoms with van der Waals surface area (Å²) in [7, 11) is 1.46. The fraction of sp³-hybridized carbons (Fsp3) is 0.158. The number of anilines is 1. The van der Waals surface area contributed by atoms with Gasteiger partial charge in [-0.2, -0.15) is 0 Å². The number of carbonyl (C=O) groups excluding carboxylic acids is 1. The first kappa shape index (κ1) is 21.0. The second-order valence-electron chi connectivity index (χ2n) is 6.36. The largest absolute Gasteiger partial charge is 0.328 e. The van der Waals surface area contributed by atoms with Crippen LogP contribution in [-0.4, -0.2) is 23.0 Å². The van der Waals surface area contributed by atoms with Crippen LogP contribution in [0.4, 0.5) is 23.7 Å². The van der Waals surface area contributed by atoms with E-state index in [1.54, 1.807) is 6.92 Å². The Labute approximate surface area is 173 Å². The number of amides is 2. The number of pyridine rings is 1. The van der Waals surface area contributed by atoms with Crippen LogP contribution in [-0.2, 0) is 0 Å². The molecule has 0 aliphatic carbocycles. The van der Waals surface area contributed by atoms with Crippen LogP contribution in [0.15, 0.2) is 35.3 Å². The second kappa shape index (κ2) is 7.96. The monoisotopic (exact) mass is 443 g/mol. The Kier molecular flexibility index (Phi) is 5.77. The van der Waals surface area contributed by atoms with Crippen molar-refractivity contribution >= 4 is 45.7 Å². The fourth-order valence-electron chi connectivity index (χ4n) is 2.84.